The third-order valence-electron chi connectivity index (χ3n) is 20.0. The van der Waals surface area contributed by atoms with Crippen molar-refractivity contribution in [1.29, 1.82) is 0 Å². The van der Waals surface area contributed by atoms with Crippen molar-refractivity contribution in [3.63, 3.8) is 0 Å². The molecule has 12 aromatic carbocycles. The second-order valence-electron chi connectivity index (χ2n) is 25.1. The van der Waals surface area contributed by atoms with Crippen molar-refractivity contribution in [3.05, 3.63) is 250 Å². The van der Waals surface area contributed by atoms with Gasteiger partial charge in [-0.3, -0.25) is 0 Å². The zero-order valence-electron chi connectivity index (χ0n) is 50.7. The molecule has 0 unspecified atom stereocenters. The normalized spacial score (nSPS) is 13.5. The number of anilines is 6. The lowest BCUT2D eigenvalue weighted by Crippen LogP contribution is -2.19. The molecule has 0 bridgehead atoms. The lowest BCUT2D eigenvalue weighted by Gasteiger charge is -2.35. The van der Waals surface area contributed by atoms with Gasteiger partial charge in [-0.15, -0.1) is 0 Å². The molecule has 0 amide bonds. The molecule has 16 rings (SSSR count). The summed E-state index contributed by atoms with van der Waals surface area (Å²) in [6.45, 7) is 14.3. The molecule has 2 heterocycles. The molecule has 2 aliphatic rings. The number of hydrogen-bond donors (Lipinski definition) is 0. The van der Waals surface area contributed by atoms with Gasteiger partial charge in [0.1, 0.15) is 0 Å². The molecule has 14 aromatic rings. The van der Waals surface area contributed by atoms with E-state index in [2.05, 4.69) is 255 Å². The fraction of sp³-hybridized carbons (Fsp3) is 0.220. The van der Waals surface area contributed by atoms with Crippen molar-refractivity contribution < 1.29 is 0 Å². The molecule has 0 radical (unpaired) electrons. The van der Waals surface area contributed by atoms with E-state index in [0.717, 1.165) is 51.4 Å². The maximum Gasteiger partial charge on any atom is 0.0591 e. The molecular formula is C82H74N4. The summed E-state index contributed by atoms with van der Waals surface area (Å²) in [5, 5.41) is 13.3. The minimum absolute atomic E-state index is 0.979. The van der Waals surface area contributed by atoms with E-state index < -0.39 is 0 Å². The number of aryl methyl sites for hydroxylation is 8. The smallest absolute Gasteiger partial charge is 0.0591 e. The Morgan fingerprint density at radius 3 is 1.37 bits per heavy atom. The van der Waals surface area contributed by atoms with Crippen LogP contribution >= 0.6 is 0 Å². The van der Waals surface area contributed by atoms with Crippen molar-refractivity contribution in [2.45, 2.75) is 119 Å². The summed E-state index contributed by atoms with van der Waals surface area (Å²) in [6, 6.07) is 74.8. The van der Waals surface area contributed by atoms with Gasteiger partial charge >= 0.3 is 0 Å². The Hall–Kier alpha value is -9.12. The molecule has 0 saturated carbocycles. The van der Waals surface area contributed by atoms with Crippen molar-refractivity contribution in [2.75, 3.05) is 9.80 Å². The van der Waals surface area contributed by atoms with Crippen LogP contribution in [0.4, 0.5) is 34.1 Å². The van der Waals surface area contributed by atoms with Crippen LogP contribution in [-0.4, -0.2) is 9.13 Å². The molecule has 4 nitrogen and oxygen atoms in total. The molecule has 0 aliphatic heterocycles. The Bertz CT molecular complexity index is 5020. The van der Waals surface area contributed by atoms with E-state index in [1.54, 1.807) is 0 Å². The summed E-state index contributed by atoms with van der Waals surface area (Å²) in [6.07, 6.45) is 13.3. The fourth-order valence-corrected chi connectivity index (χ4v) is 16.4. The Labute approximate surface area is 505 Å². The van der Waals surface area contributed by atoms with E-state index in [4.69, 9.17) is 0 Å². The van der Waals surface area contributed by atoms with Gasteiger partial charge in [-0.25, -0.2) is 0 Å². The lowest BCUT2D eigenvalue weighted by atomic mass is 9.85. The average Bonchev–Trinajstić information content (AvgIpc) is 0.989. The second-order valence-corrected chi connectivity index (χ2v) is 25.1. The topological polar surface area (TPSA) is 16.3 Å². The first kappa shape index (κ1) is 52.4. The Morgan fingerprint density at radius 2 is 0.814 bits per heavy atom. The standard InChI is InChI=1S/C82H74N4/c1-7-25-57-49-74(85(70-41-23-29-55-27-15-17-35-61(55)70)80-52(4)48-76-77(53(80)5)66-38-20-22-40-73(66)83(76)59-31-11-9-12-32-59)67-45-43-64-58(26-8-2)50-75(68-46-44-63(57)78(67)79(64)68)86(71-42-24-30-56-28-16-18-36-62(56)71)81-51(3)47-69-65-37-19-21-39-72(65)84(82(69)54(81)6)60-33-13-10-14-34-60/h9-14,19-24,29-34,37-50H,7-8,15-18,25-28,35-36H2,1-6H3. The van der Waals surface area contributed by atoms with Crippen LogP contribution in [-0.2, 0) is 38.5 Å². The Balaban J connectivity index is 1.02. The minimum Gasteiger partial charge on any atom is -0.309 e. The van der Waals surface area contributed by atoms with Gasteiger partial charge in [0.2, 0.25) is 0 Å². The summed E-state index contributed by atoms with van der Waals surface area (Å²) < 4.78 is 5.02. The highest BCUT2D eigenvalue weighted by Gasteiger charge is 2.32. The third kappa shape index (κ3) is 7.94. The number of aromatic nitrogens is 2. The number of benzene rings is 12. The number of fused-ring (bicyclic) bond motifs is 8. The zero-order valence-corrected chi connectivity index (χ0v) is 50.7. The van der Waals surface area contributed by atoms with Crippen LogP contribution in [0.15, 0.2) is 194 Å². The molecule has 4 heteroatoms. The fourth-order valence-electron chi connectivity index (χ4n) is 16.4. The summed E-state index contributed by atoms with van der Waals surface area (Å²) in [7, 11) is 0. The molecule has 0 spiro atoms. The first-order valence-corrected chi connectivity index (χ1v) is 32.1. The molecule has 2 aliphatic carbocycles. The van der Waals surface area contributed by atoms with Gasteiger partial charge in [0.15, 0.2) is 0 Å². The van der Waals surface area contributed by atoms with Gasteiger partial charge in [0.25, 0.3) is 0 Å². The number of para-hydroxylation sites is 4. The summed E-state index contributed by atoms with van der Waals surface area (Å²) in [4.78, 5) is 5.52. The van der Waals surface area contributed by atoms with Gasteiger partial charge in [0.05, 0.1) is 44.8 Å². The molecule has 0 N–H and O–H groups in total. The first-order valence-electron chi connectivity index (χ1n) is 32.1. The van der Waals surface area contributed by atoms with E-state index >= 15 is 0 Å². The predicted octanol–water partition coefficient (Wildman–Crippen LogP) is 22.6. The van der Waals surface area contributed by atoms with Crippen LogP contribution in [0, 0.1) is 27.7 Å². The maximum absolute atomic E-state index is 2.76. The highest BCUT2D eigenvalue weighted by atomic mass is 15.2. The van der Waals surface area contributed by atoms with Crippen LogP contribution < -0.4 is 9.80 Å². The van der Waals surface area contributed by atoms with Crippen LogP contribution in [0.25, 0.3) is 87.3 Å². The summed E-state index contributed by atoms with van der Waals surface area (Å²) in [5.74, 6) is 0. The van der Waals surface area contributed by atoms with Crippen molar-refractivity contribution in [3.8, 4) is 11.4 Å². The molecular weight excluding hydrogens is 1040 g/mol. The summed E-state index contributed by atoms with van der Waals surface area (Å²) >= 11 is 0. The second kappa shape index (κ2) is 20.8. The van der Waals surface area contributed by atoms with Crippen LogP contribution in [0.5, 0.6) is 0 Å². The van der Waals surface area contributed by atoms with Gasteiger partial charge in [-0.1, -0.05) is 148 Å². The maximum atomic E-state index is 2.76. The zero-order chi connectivity index (χ0) is 57.9. The number of rotatable bonds is 12. The first-order chi connectivity index (χ1) is 42.3. The largest absolute Gasteiger partial charge is 0.309 e. The molecule has 0 saturated heterocycles. The van der Waals surface area contributed by atoms with Crippen molar-refractivity contribution in [1.82, 2.24) is 9.13 Å². The van der Waals surface area contributed by atoms with E-state index in [-0.39, 0.29) is 0 Å². The third-order valence-corrected chi connectivity index (χ3v) is 20.0. The van der Waals surface area contributed by atoms with E-state index in [1.165, 1.54) is 203 Å². The van der Waals surface area contributed by atoms with Crippen molar-refractivity contribution in [2.24, 2.45) is 0 Å². The lowest BCUT2D eigenvalue weighted by molar-refractivity contribution is 0.686. The number of nitrogens with zero attached hydrogens (tertiary/aromatic N) is 4. The van der Waals surface area contributed by atoms with Gasteiger partial charge in [-0.2, -0.15) is 0 Å². The van der Waals surface area contributed by atoms with Crippen LogP contribution in [0.1, 0.15) is 108 Å². The van der Waals surface area contributed by atoms with Gasteiger partial charge in [-0.05, 0) is 242 Å². The molecule has 0 atom stereocenters. The number of hydrogen-bond acceptors (Lipinski definition) is 2. The highest BCUT2D eigenvalue weighted by Crippen LogP contribution is 2.55. The highest BCUT2D eigenvalue weighted by molar-refractivity contribution is 6.30. The molecule has 422 valence electrons. The quantitative estimate of drug-likeness (QED) is 0.113. The predicted molar refractivity (Wildman–Crippen MR) is 368 cm³/mol. The molecule has 86 heavy (non-hydrogen) atoms. The Morgan fingerprint density at radius 1 is 0.349 bits per heavy atom. The minimum atomic E-state index is 0.979. The van der Waals surface area contributed by atoms with E-state index in [1.807, 2.05) is 0 Å². The van der Waals surface area contributed by atoms with E-state index in [0.29, 0.717) is 0 Å². The van der Waals surface area contributed by atoms with Crippen LogP contribution in [0.2, 0.25) is 0 Å². The van der Waals surface area contributed by atoms with Crippen LogP contribution in [0.3, 0.4) is 0 Å². The summed E-state index contributed by atoms with van der Waals surface area (Å²) in [5.41, 5.74) is 29.0. The van der Waals surface area contributed by atoms with Gasteiger partial charge < -0.3 is 18.9 Å². The van der Waals surface area contributed by atoms with Gasteiger partial charge in [0, 0.05) is 55.1 Å². The monoisotopic (exact) mass is 1110 g/mol. The molecule has 2 aromatic heterocycles. The van der Waals surface area contributed by atoms with Crippen molar-refractivity contribution >= 4 is 110 Å². The van der Waals surface area contributed by atoms with E-state index in [9.17, 15) is 0 Å². The molecule has 0 fully saturated rings. The SMILES string of the molecule is CCCc1cc(N(c2cccc3c2CCCC3)c2c(C)cc3c(c2C)c2ccccc2n3-c2ccccc2)c2ccc3c(CCC)cc(N(c4cccc5c4CCCC5)c4c(C)cc5c6ccccc6n(-c6ccccc6)c5c4C)c4ccc1c2c34. The average molecular weight is 1120 g/mol. The Kier molecular flexibility index (Phi) is 12.7.